The summed E-state index contributed by atoms with van der Waals surface area (Å²) in [5.74, 6) is 0.885. The highest BCUT2D eigenvalue weighted by atomic mass is 16.5. The van der Waals surface area contributed by atoms with Crippen LogP contribution in [0.15, 0.2) is 55.1 Å². The number of ether oxygens (including phenoxy) is 1. The van der Waals surface area contributed by atoms with Gasteiger partial charge in [0.2, 0.25) is 0 Å². The van der Waals surface area contributed by atoms with Gasteiger partial charge in [0.15, 0.2) is 5.82 Å². The van der Waals surface area contributed by atoms with E-state index in [2.05, 4.69) is 25.8 Å². The van der Waals surface area contributed by atoms with Crippen LogP contribution in [0, 0.1) is 0 Å². The third kappa shape index (κ3) is 2.69. The summed E-state index contributed by atoms with van der Waals surface area (Å²) in [6, 6.07) is 9.43. The van der Waals surface area contributed by atoms with Crippen molar-refractivity contribution in [1.82, 2.24) is 24.8 Å². The van der Waals surface area contributed by atoms with Gasteiger partial charge in [-0.25, -0.2) is 9.97 Å². The summed E-state index contributed by atoms with van der Waals surface area (Å²) in [5, 5.41) is 0. The predicted molar refractivity (Wildman–Crippen MR) is 92.4 cm³/mol. The zero-order valence-electron chi connectivity index (χ0n) is 13.3. The highest BCUT2D eigenvalue weighted by molar-refractivity contribution is 5.93. The van der Waals surface area contributed by atoms with E-state index in [0.29, 0.717) is 5.82 Å². The topological polar surface area (TPSA) is 93.4 Å². The van der Waals surface area contributed by atoms with Crippen LogP contribution in [0.2, 0.25) is 0 Å². The maximum absolute atomic E-state index is 12.1. The fourth-order valence-corrected chi connectivity index (χ4v) is 2.57. The summed E-state index contributed by atoms with van der Waals surface area (Å²) in [6.45, 7) is 0. The molecule has 0 aliphatic carbocycles. The van der Waals surface area contributed by atoms with E-state index < -0.39 is 5.91 Å². The minimum atomic E-state index is -0.394. The summed E-state index contributed by atoms with van der Waals surface area (Å²) < 4.78 is 7.25. The zero-order chi connectivity index (χ0) is 17.2. The van der Waals surface area contributed by atoms with Gasteiger partial charge in [-0.15, -0.1) is 0 Å². The molecule has 0 atom stereocenters. The van der Waals surface area contributed by atoms with Crippen LogP contribution < -0.4 is 15.6 Å². The molecule has 3 heterocycles. The van der Waals surface area contributed by atoms with E-state index in [9.17, 15) is 4.79 Å². The molecule has 4 rings (SSSR count). The van der Waals surface area contributed by atoms with Gasteiger partial charge in [-0.1, -0.05) is 0 Å². The molecule has 25 heavy (non-hydrogen) atoms. The number of rotatable bonds is 4. The molecule has 4 aromatic rings. The molecule has 2 N–H and O–H groups in total. The number of hydrogen-bond donors (Lipinski definition) is 2. The molecular weight excluding hydrogens is 320 g/mol. The average molecular weight is 334 g/mol. The Morgan fingerprint density at radius 3 is 2.92 bits per heavy atom. The van der Waals surface area contributed by atoms with Gasteiger partial charge in [0.25, 0.3) is 5.91 Å². The Morgan fingerprint density at radius 1 is 1.20 bits per heavy atom. The van der Waals surface area contributed by atoms with Crippen molar-refractivity contribution in [2.45, 2.75) is 0 Å². The molecule has 0 saturated carbocycles. The fourth-order valence-electron chi connectivity index (χ4n) is 2.57. The lowest BCUT2D eigenvalue weighted by Gasteiger charge is -2.12. The second-order valence-corrected chi connectivity index (χ2v) is 5.25. The molecule has 0 unspecified atom stereocenters. The van der Waals surface area contributed by atoms with E-state index in [1.54, 1.807) is 7.11 Å². The highest BCUT2D eigenvalue weighted by Gasteiger charge is 2.11. The minimum absolute atomic E-state index is 0.215. The Labute approximate surface area is 142 Å². The van der Waals surface area contributed by atoms with E-state index in [1.165, 1.54) is 18.6 Å². The Morgan fingerprint density at radius 2 is 2.12 bits per heavy atom. The van der Waals surface area contributed by atoms with Gasteiger partial charge in [0.05, 0.1) is 29.9 Å². The first-order chi connectivity index (χ1) is 12.3. The summed E-state index contributed by atoms with van der Waals surface area (Å²) in [6.07, 6.45) is 6.29. The molecule has 0 aliphatic rings. The van der Waals surface area contributed by atoms with Crippen molar-refractivity contribution in [3.63, 3.8) is 0 Å². The van der Waals surface area contributed by atoms with Crippen LogP contribution in [0.25, 0.3) is 16.6 Å². The van der Waals surface area contributed by atoms with E-state index in [4.69, 9.17) is 4.74 Å². The quantitative estimate of drug-likeness (QED) is 0.555. The number of aromatic nitrogens is 4. The number of anilines is 1. The minimum Gasteiger partial charge on any atom is -0.497 e. The molecule has 1 amide bonds. The summed E-state index contributed by atoms with van der Waals surface area (Å²) in [4.78, 5) is 24.5. The number of carbonyl (C=O) groups is 1. The van der Waals surface area contributed by atoms with Crippen molar-refractivity contribution in [3.8, 4) is 5.75 Å². The maximum atomic E-state index is 12.1. The van der Waals surface area contributed by atoms with Crippen molar-refractivity contribution in [1.29, 1.82) is 0 Å². The largest absolute Gasteiger partial charge is 0.497 e. The molecule has 0 bridgehead atoms. The van der Waals surface area contributed by atoms with E-state index >= 15 is 0 Å². The van der Waals surface area contributed by atoms with Gasteiger partial charge in [-0.3, -0.25) is 20.6 Å². The molecule has 0 fully saturated rings. The molecule has 3 aromatic heterocycles. The Bertz CT molecular complexity index is 1060. The van der Waals surface area contributed by atoms with Gasteiger partial charge < -0.3 is 9.14 Å². The molecule has 0 saturated heterocycles. The summed E-state index contributed by atoms with van der Waals surface area (Å²) in [5.41, 5.74) is 8.16. The van der Waals surface area contributed by atoms with Crippen LogP contribution in [0.1, 0.15) is 10.5 Å². The van der Waals surface area contributed by atoms with Crippen molar-refractivity contribution < 1.29 is 9.53 Å². The number of benzene rings is 1. The molecule has 124 valence electrons. The number of methoxy groups -OCH3 is 1. The monoisotopic (exact) mass is 334 g/mol. The second-order valence-electron chi connectivity index (χ2n) is 5.25. The first-order valence-electron chi connectivity index (χ1n) is 7.53. The Hall–Kier alpha value is -3.68. The van der Waals surface area contributed by atoms with Gasteiger partial charge >= 0.3 is 0 Å². The molecular formula is C17H14N6O2. The molecule has 0 radical (unpaired) electrons. The van der Waals surface area contributed by atoms with Crippen LogP contribution in [0.4, 0.5) is 5.82 Å². The number of hydrazine groups is 1. The first-order valence-corrected chi connectivity index (χ1v) is 7.53. The van der Waals surface area contributed by atoms with Crippen LogP contribution >= 0.6 is 0 Å². The number of fused-ring (bicyclic) bond motifs is 3. The zero-order valence-corrected chi connectivity index (χ0v) is 13.3. The van der Waals surface area contributed by atoms with Crippen molar-refractivity contribution in [2.75, 3.05) is 12.5 Å². The number of nitrogens with zero attached hydrogens (tertiary/aromatic N) is 4. The lowest BCUT2D eigenvalue weighted by molar-refractivity contribution is 0.0957. The molecule has 8 nitrogen and oxygen atoms in total. The lowest BCUT2D eigenvalue weighted by Crippen LogP contribution is -2.30. The Balaban J connectivity index is 1.69. The molecule has 0 spiro atoms. The van der Waals surface area contributed by atoms with Crippen LogP contribution in [-0.4, -0.2) is 32.4 Å². The summed E-state index contributed by atoms with van der Waals surface area (Å²) in [7, 11) is 1.62. The number of carbonyl (C=O) groups excluding carboxylic acids is 1. The third-order valence-corrected chi connectivity index (χ3v) is 3.76. The highest BCUT2D eigenvalue weighted by Crippen LogP contribution is 2.25. The van der Waals surface area contributed by atoms with E-state index in [-0.39, 0.29) is 5.69 Å². The van der Waals surface area contributed by atoms with Crippen molar-refractivity contribution in [3.05, 3.63) is 60.8 Å². The maximum Gasteiger partial charge on any atom is 0.289 e. The van der Waals surface area contributed by atoms with Gasteiger partial charge in [0, 0.05) is 24.7 Å². The lowest BCUT2D eigenvalue weighted by atomic mass is 10.2. The van der Waals surface area contributed by atoms with Crippen LogP contribution in [0.3, 0.4) is 0 Å². The van der Waals surface area contributed by atoms with E-state index in [0.717, 1.165) is 22.3 Å². The SMILES string of the molecule is COc1ccc2nc(NNC(=O)c3cnccn3)c3cccn3c2c1. The van der Waals surface area contributed by atoms with Crippen molar-refractivity contribution in [2.24, 2.45) is 0 Å². The number of amides is 1. The average Bonchev–Trinajstić information content (AvgIpc) is 3.16. The standard InChI is InChI=1S/C17H14N6O2/c1-25-11-4-5-12-15(9-11)23-8-2-3-14(23)16(20-12)21-22-17(24)13-10-18-6-7-19-13/h2-10H,1H3,(H,20,21)(H,22,24). The predicted octanol–water partition coefficient (Wildman–Crippen LogP) is 2.04. The number of nitrogens with one attached hydrogen (secondary N) is 2. The van der Waals surface area contributed by atoms with Gasteiger partial charge in [-0.2, -0.15) is 0 Å². The van der Waals surface area contributed by atoms with Gasteiger partial charge in [0.1, 0.15) is 11.4 Å². The van der Waals surface area contributed by atoms with Gasteiger partial charge in [-0.05, 0) is 24.3 Å². The van der Waals surface area contributed by atoms with Crippen LogP contribution in [0.5, 0.6) is 5.75 Å². The third-order valence-electron chi connectivity index (χ3n) is 3.76. The smallest absolute Gasteiger partial charge is 0.289 e. The normalized spacial score (nSPS) is 10.8. The second kappa shape index (κ2) is 6.08. The molecule has 1 aromatic carbocycles. The molecule has 0 aliphatic heterocycles. The fraction of sp³-hybridized carbons (Fsp3) is 0.0588. The van der Waals surface area contributed by atoms with Crippen LogP contribution in [-0.2, 0) is 0 Å². The molecule has 8 heteroatoms. The number of hydrogen-bond acceptors (Lipinski definition) is 6. The Kier molecular flexibility index (Phi) is 3.62. The first kappa shape index (κ1) is 14.9. The van der Waals surface area contributed by atoms with Crippen molar-refractivity contribution >= 4 is 28.3 Å². The summed E-state index contributed by atoms with van der Waals surface area (Å²) >= 11 is 0. The van der Waals surface area contributed by atoms with E-state index in [1.807, 2.05) is 40.9 Å².